The van der Waals surface area contributed by atoms with Crippen LogP contribution in [0.15, 0.2) is 18.3 Å². The van der Waals surface area contributed by atoms with Crippen molar-refractivity contribution in [2.75, 3.05) is 13.1 Å². The third kappa shape index (κ3) is 4.22. The van der Waals surface area contributed by atoms with E-state index in [4.69, 9.17) is 5.73 Å². The summed E-state index contributed by atoms with van der Waals surface area (Å²) in [4.78, 5) is 16.9. The van der Waals surface area contributed by atoms with Crippen LogP contribution in [0.25, 0.3) is 0 Å². The van der Waals surface area contributed by atoms with Gasteiger partial charge in [-0.15, -0.1) is 24.8 Å². The van der Waals surface area contributed by atoms with Crippen molar-refractivity contribution in [3.8, 4) is 0 Å². The number of carbonyl (C=O) groups is 1. The van der Waals surface area contributed by atoms with Crippen molar-refractivity contribution >= 4 is 30.7 Å². The fourth-order valence-corrected chi connectivity index (χ4v) is 1.82. The molecule has 4 nitrogen and oxygen atoms in total. The van der Waals surface area contributed by atoms with Gasteiger partial charge in [0.25, 0.3) is 5.91 Å². The number of rotatable bonds is 1. The van der Waals surface area contributed by atoms with Crippen LogP contribution >= 0.6 is 24.8 Å². The lowest BCUT2D eigenvalue weighted by atomic mass is 10.2. The molecule has 0 aromatic carbocycles. The van der Waals surface area contributed by atoms with E-state index in [0.29, 0.717) is 25.7 Å². The van der Waals surface area contributed by atoms with Crippen molar-refractivity contribution in [2.24, 2.45) is 5.73 Å². The van der Waals surface area contributed by atoms with Crippen molar-refractivity contribution in [2.45, 2.75) is 18.6 Å². The van der Waals surface area contributed by atoms with Crippen LogP contribution in [0.1, 0.15) is 22.5 Å². The Morgan fingerprint density at radius 3 is 2.40 bits per heavy atom. The number of hydrogen-bond acceptors (Lipinski definition) is 3. The van der Waals surface area contributed by atoms with Gasteiger partial charge in [0.1, 0.15) is 5.69 Å². The second kappa shape index (κ2) is 7.10. The predicted octanol–water partition coefficient (Wildman–Crippen LogP) is 2.12. The molecule has 20 heavy (non-hydrogen) atoms. The molecule has 1 atom stereocenters. The Balaban J connectivity index is 0.00000180. The van der Waals surface area contributed by atoms with Crippen LogP contribution in [0.5, 0.6) is 0 Å². The smallest absolute Gasteiger partial charge is 0.336 e. The number of halogens is 5. The zero-order valence-electron chi connectivity index (χ0n) is 10.3. The molecular weight excluding hydrogens is 318 g/mol. The van der Waals surface area contributed by atoms with Gasteiger partial charge < -0.3 is 10.6 Å². The number of nitrogens with zero attached hydrogens (tertiary/aromatic N) is 2. The first kappa shape index (κ1) is 18.9. The number of nitrogens with two attached hydrogens (primary N) is 1. The average Bonchev–Trinajstić information content (AvgIpc) is 2.74. The Kier molecular flexibility index (Phi) is 6.73. The zero-order chi connectivity index (χ0) is 13.3. The molecule has 0 spiro atoms. The maximum Gasteiger partial charge on any atom is 0.417 e. The van der Waals surface area contributed by atoms with Gasteiger partial charge >= 0.3 is 6.18 Å². The van der Waals surface area contributed by atoms with Crippen molar-refractivity contribution in [3.63, 3.8) is 0 Å². The number of pyridine rings is 1. The second-order valence-corrected chi connectivity index (χ2v) is 4.23. The third-order valence-corrected chi connectivity index (χ3v) is 2.82. The standard InChI is InChI=1S/C11H12F3N3O.2ClH/c12-11(13,14)7-1-2-9(16-5-7)10(18)17-4-3-8(15)6-17;;/h1-2,5,8H,3-4,6,15H2;2*1H/t8-;;/m0../s1. The van der Waals surface area contributed by atoms with Gasteiger partial charge in [0, 0.05) is 25.3 Å². The summed E-state index contributed by atoms with van der Waals surface area (Å²) in [5.41, 5.74) is 4.81. The quantitative estimate of drug-likeness (QED) is 0.857. The molecule has 1 saturated heterocycles. The van der Waals surface area contributed by atoms with E-state index >= 15 is 0 Å². The van der Waals surface area contributed by atoms with Crippen LogP contribution in [-0.2, 0) is 6.18 Å². The summed E-state index contributed by atoms with van der Waals surface area (Å²) in [6.45, 7) is 0.935. The fraction of sp³-hybridized carbons (Fsp3) is 0.455. The highest BCUT2D eigenvalue weighted by atomic mass is 35.5. The van der Waals surface area contributed by atoms with Crippen molar-refractivity contribution in [1.29, 1.82) is 0 Å². The molecule has 0 saturated carbocycles. The van der Waals surface area contributed by atoms with E-state index in [1.54, 1.807) is 0 Å². The van der Waals surface area contributed by atoms with Crippen molar-refractivity contribution in [3.05, 3.63) is 29.6 Å². The molecule has 2 heterocycles. The molecule has 2 N–H and O–H groups in total. The van der Waals surface area contributed by atoms with E-state index in [-0.39, 0.29) is 42.5 Å². The molecular formula is C11H14Cl2F3N3O. The third-order valence-electron chi connectivity index (χ3n) is 2.82. The predicted molar refractivity (Wildman–Crippen MR) is 72.2 cm³/mol. The number of likely N-dealkylation sites (tertiary alicyclic amines) is 1. The average molecular weight is 332 g/mol. The minimum atomic E-state index is -4.44. The first-order chi connectivity index (χ1) is 8.38. The number of carbonyl (C=O) groups excluding carboxylic acids is 1. The van der Waals surface area contributed by atoms with E-state index in [0.717, 1.165) is 12.1 Å². The molecule has 0 aliphatic carbocycles. The number of amides is 1. The molecule has 1 aliphatic heterocycles. The Morgan fingerprint density at radius 1 is 1.35 bits per heavy atom. The van der Waals surface area contributed by atoms with Gasteiger partial charge in [0.05, 0.1) is 5.56 Å². The van der Waals surface area contributed by atoms with Gasteiger partial charge in [-0.1, -0.05) is 0 Å². The van der Waals surface area contributed by atoms with Crippen LogP contribution < -0.4 is 5.73 Å². The van der Waals surface area contributed by atoms with Gasteiger partial charge in [-0.25, -0.2) is 0 Å². The van der Waals surface area contributed by atoms with E-state index in [1.807, 2.05) is 0 Å². The SMILES string of the molecule is Cl.Cl.N[C@H]1CCN(C(=O)c2ccc(C(F)(F)F)cn2)C1. The summed E-state index contributed by atoms with van der Waals surface area (Å²) in [6.07, 6.45) is -3.07. The van der Waals surface area contributed by atoms with E-state index in [2.05, 4.69) is 4.98 Å². The van der Waals surface area contributed by atoms with Gasteiger partial charge in [0.15, 0.2) is 0 Å². The van der Waals surface area contributed by atoms with E-state index in [1.165, 1.54) is 4.90 Å². The van der Waals surface area contributed by atoms with Crippen molar-refractivity contribution < 1.29 is 18.0 Å². The van der Waals surface area contributed by atoms with E-state index < -0.39 is 11.7 Å². The molecule has 114 valence electrons. The Morgan fingerprint density at radius 2 is 2.00 bits per heavy atom. The summed E-state index contributed by atoms with van der Waals surface area (Å²) >= 11 is 0. The highest BCUT2D eigenvalue weighted by molar-refractivity contribution is 5.92. The van der Waals surface area contributed by atoms with Gasteiger partial charge in [-0.3, -0.25) is 9.78 Å². The molecule has 0 unspecified atom stereocenters. The van der Waals surface area contributed by atoms with Crippen LogP contribution in [-0.4, -0.2) is 34.9 Å². The molecule has 0 radical (unpaired) electrons. The van der Waals surface area contributed by atoms with Gasteiger partial charge in [-0.05, 0) is 18.6 Å². The maximum atomic E-state index is 12.3. The second-order valence-electron chi connectivity index (χ2n) is 4.23. The first-order valence-corrected chi connectivity index (χ1v) is 5.46. The maximum absolute atomic E-state index is 12.3. The molecule has 1 aromatic rings. The summed E-state index contributed by atoms with van der Waals surface area (Å²) in [5, 5.41) is 0. The molecule has 0 bridgehead atoms. The van der Waals surface area contributed by atoms with Crippen LogP contribution in [0, 0.1) is 0 Å². The number of hydrogen-bond donors (Lipinski definition) is 1. The molecule has 2 rings (SSSR count). The molecule has 1 fully saturated rings. The van der Waals surface area contributed by atoms with Gasteiger partial charge in [-0.2, -0.15) is 13.2 Å². The lowest BCUT2D eigenvalue weighted by Crippen LogP contribution is -2.32. The van der Waals surface area contributed by atoms with Crippen LogP contribution in [0.3, 0.4) is 0 Å². The minimum Gasteiger partial charge on any atom is -0.336 e. The Labute approximate surface area is 126 Å². The lowest BCUT2D eigenvalue weighted by Gasteiger charge is -2.15. The zero-order valence-corrected chi connectivity index (χ0v) is 11.9. The topological polar surface area (TPSA) is 59.2 Å². The summed E-state index contributed by atoms with van der Waals surface area (Å²) in [5.74, 6) is -0.378. The minimum absolute atomic E-state index is 0. The molecule has 1 amide bonds. The number of aromatic nitrogens is 1. The monoisotopic (exact) mass is 331 g/mol. The summed E-state index contributed by atoms with van der Waals surface area (Å²) < 4.78 is 37.0. The normalized spacial score (nSPS) is 18.2. The van der Waals surface area contributed by atoms with E-state index in [9.17, 15) is 18.0 Å². The highest BCUT2D eigenvalue weighted by Gasteiger charge is 2.31. The van der Waals surface area contributed by atoms with Gasteiger partial charge in [0.2, 0.25) is 0 Å². The van der Waals surface area contributed by atoms with Crippen LogP contribution in [0.2, 0.25) is 0 Å². The lowest BCUT2D eigenvalue weighted by molar-refractivity contribution is -0.137. The first-order valence-electron chi connectivity index (χ1n) is 5.46. The largest absolute Gasteiger partial charge is 0.417 e. The summed E-state index contributed by atoms with van der Waals surface area (Å²) in [6, 6.07) is 1.88. The Bertz CT molecular complexity index is 453. The molecule has 9 heteroatoms. The molecule has 1 aliphatic rings. The van der Waals surface area contributed by atoms with Crippen LogP contribution in [0.4, 0.5) is 13.2 Å². The Hall–Kier alpha value is -1.05. The summed E-state index contributed by atoms with van der Waals surface area (Å²) in [7, 11) is 0. The molecule has 1 aromatic heterocycles. The van der Waals surface area contributed by atoms with Crippen molar-refractivity contribution in [1.82, 2.24) is 9.88 Å². The number of alkyl halides is 3. The fourth-order valence-electron chi connectivity index (χ4n) is 1.82. The highest BCUT2D eigenvalue weighted by Crippen LogP contribution is 2.28.